The van der Waals surface area contributed by atoms with Crippen LogP contribution in [0.4, 0.5) is 0 Å². The smallest absolute Gasteiger partial charge is 0.260 e. The Morgan fingerprint density at radius 1 is 1.26 bits per heavy atom. The predicted molar refractivity (Wildman–Crippen MR) is 118 cm³/mol. The van der Waals surface area contributed by atoms with Crippen LogP contribution in [0.2, 0.25) is 0 Å². The molecule has 4 rings (SSSR count). The number of aryl methyl sites for hydroxylation is 1. The second-order valence-electron chi connectivity index (χ2n) is 8.76. The molecule has 1 amide bonds. The van der Waals surface area contributed by atoms with Gasteiger partial charge in [0.15, 0.2) is 12.4 Å². The fraction of sp³-hybridized carbons (Fsp3) is 0.652. The number of likely N-dealkylation sites (N-methyl/N-ethyl adjacent to an activating group) is 1. The fourth-order valence-electron chi connectivity index (χ4n) is 5.25. The minimum absolute atomic E-state index is 0.00966. The molecule has 1 saturated heterocycles. The van der Waals surface area contributed by atoms with Gasteiger partial charge in [0.2, 0.25) is 0 Å². The van der Waals surface area contributed by atoms with Gasteiger partial charge in [-0.25, -0.2) is 4.68 Å². The Morgan fingerprint density at radius 3 is 2.74 bits per heavy atom. The molecule has 0 spiro atoms. The molecule has 0 N–H and O–H groups in total. The van der Waals surface area contributed by atoms with Crippen molar-refractivity contribution in [3.05, 3.63) is 35.7 Å². The van der Waals surface area contributed by atoms with Gasteiger partial charge >= 0.3 is 0 Å². The van der Waals surface area contributed by atoms with Gasteiger partial charge in [-0.1, -0.05) is 38.8 Å². The predicted octanol–water partition coefficient (Wildman–Crippen LogP) is 2.95. The highest BCUT2D eigenvalue weighted by Gasteiger charge is 2.49. The average Bonchev–Trinajstić information content (AvgIpc) is 3.53. The number of nitrogens with zero attached hydrogens (tertiary/aromatic N) is 6. The molecule has 1 atom stereocenters. The van der Waals surface area contributed by atoms with Gasteiger partial charge in [-0.2, -0.15) is 0 Å². The molecule has 1 saturated carbocycles. The molecule has 1 aromatic carbocycles. The van der Waals surface area contributed by atoms with Crippen molar-refractivity contribution < 1.29 is 9.53 Å². The summed E-state index contributed by atoms with van der Waals surface area (Å²) in [6.07, 6.45) is 5.53. The highest BCUT2D eigenvalue weighted by Crippen LogP contribution is 2.39. The van der Waals surface area contributed by atoms with Crippen LogP contribution in [0.5, 0.6) is 5.75 Å². The van der Waals surface area contributed by atoms with E-state index in [9.17, 15) is 4.79 Å². The first-order chi connectivity index (χ1) is 15.1. The maximum Gasteiger partial charge on any atom is 0.260 e. The molecule has 2 heterocycles. The second-order valence-corrected chi connectivity index (χ2v) is 8.76. The number of carbonyl (C=O) groups is 1. The van der Waals surface area contributed by atoms with E-state index in [-0.39, 0.29) is 18.1 Å². The number of likely N-dealkylation sites (tertiary alicyclic amines) is 1. The standard InChI is InChI=1S/C23H34N6O2/c1-4-28(5-2)23(22-24-25-26-29(22)19-10-6-7-11-19)13-14-27(17-23)21(30)16-31-20-12-8-9-18(3)15-20/h8-9,12,15,19H,4-7,10-11,13-14,16-17H2,1-3H3. The van der Waals surface area contributed by atoms with Crippen molar-refractivity contribution in [3.8, 4) is 5.75 Å². The third-order valence-electron chi connectivity index (χ3n) is 6.90. The number of amides is 1. The first-order valence-electron chi connectivity index (χ1n) is 11.6. The molecule has 1 aliphatic heterocycles. The maximum atomic E-state index is 13.0. The molecule has 0 bridgehead atoms. The van der Waals surface area contributed by atoms with Crippen molar-refractivity contribution in [3.63, 3.8) is 0 Å². The summed E-state index contributed by atoms with van der Waals surface area (Å²) < 4.78 is 7.85. The minimum atomic E-state index is -0.353. The van der Waals surface area contributed by atoms with Crippen LogP contribution in [-0.2, 0) is 10.3 Å². The number of hydrogen-bond acceptors (Lipinski definition) is 6. The van der Waals surface area contributed by atoms with Crippen LogP contribution in [0.1, 0.15) is 63.4 Å². The molecule has 2 aliphatic rings. The van der Waals surface area contributed by atoms with Crippen LogP contribution in [0, 0.1) is 6.92 Å². The molecule has 2 fully saturated rings. The lowest BCUT2D eigenvalue weighted by molar-refractivity contribution is -0.133. The van der Waals surface area contributed by atoms with E-state index >= 15 is 0 Å². The molecule has 1 aromatic heterocycles. The summed E-state index contributed by atoms with van der Waals surface area (Å²) in [5.74, 6) is 1.65. The molecule has 0 radical (unpaired) electrons. The lowest BCUT2D eigenvalue weighted by atomic mass is 9.94. The van der Waals surface area contributed by atoms with Gasteiger partial charge in [-0.15, -0.1) is 5.10 Å². The maximum absolute atomic E-state index is 13.0. The van der Waals surface area contributed by atoms with E-state index in [2.05, 4.69) is 39.0 Å². The highest BCUT2D eigenvalue weighted by molar-refractivity contribution is 5.78. The summed E-state index contributed by atoms with van der Waals surface area (Å²) in [6.45, 7) is 9.45. The van der Waals surface area contributed by atoms with Crippen molar-refractivity contribution >= 4 is 5.91 Å². The SMILES string of the molecule is CCN(CC)C1(c2nnnn2C2CCCC2)CCN(C(=O)COc2cccc(C)c2)C1. The van der Waals surface area contributed by atoms with Crippen LogP contribution >= 0.6 is 0 Å². The molecule has 31 heavy (non-hydrogen) atoms. The normalized spacial score (nSPS) is 21.9. The van der Waals surface area contributed by atoms with Crippen LogP contribution in [0.3, 0.4) is 0 Å². The quantitative estimate of drug-likeness (QED) is 0.646. The van der Waals surface area contributed by atoms with E-state index in [1.165, 1.54) is 12.8 Å². The van der Waals surface area contributed by atoms with E-state index in [0.29, 0.717) is 19.1 Å². The van der Waals surface area contributed by atoms with E-state index in [1.54, 1.807) is 0 Å². The number of aromatic nitrogens is 4. The largest absolute Gasteiger partial charge is 0.484 e. The van der Waals surface area contributed by atoms with Crippen LogP contribution in [0.15, 0.2) is 24.3 Å². The summed E-state index contributed by atoms with van der Waals surface area (Å²) in [4.78, 5) is 17.4. The van der Waals surface area contributed by atoms with Crippen molar-refractivity contribution in [2.75, 3.05) is 32.8 Å². The second kappa shape index (κ2) is 9.34. The van der Waals surface area contributed by atoms with Crippen molar-refractivity contribution in [2.45, 2.75) is 64.5 Å². The fourth-order valence-corrected chi connectivity index (χ4v) is 5.25. The van der Waals surface area contributed by atoms with Crippen molar-refractivity contribution in [1.29, 1.82) is 0 Å². The molecule has 8 heteroatoms. The monoisotopic (exact) mass is 426 g/mol. The Hall–Kier alpha value is -2.48. The lowest BCUT2D eigenvalue weighted by Crippen LogP contribution is -2.51. The Balaban J connectivity index is 1.53. The van der Waals surface area contributed by atoms with Crippen LogP contribution < -0.4 is 4.74 Å². The third kappa shape index (κ3) is 4.31. The van der Waals surface area contributed by atoms with E-state index in [0.717, 1.165) is 49.5 Å². The Labute approximate surface area is 184 Å². The van der Waals surface area contributed by atoms with Crippen LogP contribution in [-0.4, -0.2) is 68.7 Å². The van der Waals surface area contributed by atoms with Gasteiger partial charge < -0.3 is 9.64 Å². The van der Waals surface area contributed by atoms with Crippen molar-refractivity contribution in [2.24, 2.45) is 0 Å². The summed E-state index contributed by atoms with van der Waals surface area (Å²) in [5.41, 5.74) is 0.764. The minimum Gasteiger partial charge on any atom is -0.484 e. The molecule has 8 nitrogen and oxygen atoms in total. The van der Waals surface area contributed by atoms with Crippen LogP contribution in [0.25, 0.3) is 0 Å². The summed E-state index contributed by atoms with van der Waals surface area (Å²) in [6, 6.07) is 8.17. The zero-order valence-electron chi connectivity index (χ0n) is 19.0. The van der Waals surface area contributed by atoms with Crippen molar-refractivity contribution in [1.82, 2.24) is 30.0 Å². The highest BCUT2D eigenvalue weighted by atomic mass is 16.5. The number of tetrazole rings is 1. The van der Waals surface area contributed by atoms with E-state index < -0.39 is 0 Å². The Bertz CT molecular complexity index is 890. The number of carbonyl (C=O) groups excluding carboxylic acids is 1. The van der Waals surface area contributed by atoms with E-state index in [4.69, 9.17) is 4.74 Å². The van der Waals surface area contributed by atoms with Gasteiger partial charge in [-0.3, -0.25) is 9.69 Å². The van der Waals surface area contributed by atoms with Gasteiger partial charge in [-0.05, 0) is 67.4 Å². The molecule has 168 valence electrons. The Kier molecular flexibility index (Phi) is 6.55. The van der Waals surface area contributed by atoms with Gasteiger partial charge in [0.05, 0.1) is 6.04 Å². The molecular weight excluding hydrogens is 392 g/mol. The molecular formula is C23H34N6O2. The third-order valence-corrected chi connectivity index (χ3v) is 6.90. The molecule has 1 unspecified atom stereocenters. The first kappa shape index (κ1) is 21.7. The van der Waals surface area contributed by atoms with Gasteiger partial charge in [0, 0.05) is 13.1 Å². The lowest BCUT2D eigenvalue weighted by Gasteiger charge is -2.39. The first-order valence-corrected chi connectivity index (χ1v) is 11.6. The van der Waals surface area contributed by atoms with E-state index in [1.807, 2.05) is 36.1 Å². The average molecular weight is 427 g/mol. The topological polar surface area (TPSA) is 76.4 Å². The molecule has 1 aliphatic carbocycles. The van der Waals surface area contributed by atoms with Gasteiger partial charge in [0.1, 0.15) is 11.3 Å². The summed E-state index contributed by atoms with van der Waals surface area (Å²) >= 11 is 0. The zero-order chi connectivity index (χ0) is 21.8. The number of hydrogen-bond donors (Lipinski definition) is 0. The molecule has 2 aromatic rings. The number of rotatable bonds is 8. The number of benzene rings is 1. The number of ether oxygens (including phenoxy) is 1. The van der Waals surface area contributed by atoms with Gasteiger partial charge in [0.25, 0.3) is 5.91 Å². The summed E-state index contributed by atoms with van der Waals surface area (Å²) in [5, 5.41) is 13.0. The summed E-state index contributed by atoms with van der Waals surface area (Å²) in [7, 11) is 0. The Morgan fingerprint density at radius 2 is 2.03 bits per heavy atom. The zero-order valence-corrected chi connectivity index (χ0v) is 19.0.